The molecule has 148 valence electrons. The van der Waals surface area contributed by atoms with Gasteiger partial charge in [0.05, 0.1) is 31.8 Å². The summed E-state index contributed by atoms with van der Waals surface area (Å²) in [5.74, 6) is 0.251. The molecule has 2 saturated heterocycles. The summed E-state index contributed by atoms with van der Waals surface area (Å²) >= 11 is 0. The molecule has 2 atom stereocenters. The number of nitrogens with zero attached hydrogens (tertiary/aromatic N) is 2. The number of ether oxygens (including phenoxy) is 2. The largest absolute Gasteiger partial charge is 0.381 e. The van der Waals surface area contributed by atoms with Gasteiger partial charge in [-0.05, 0) is 17.9 Å². The van der Waals surface area contributed by atoms with Crippen molar-refractivity contribution in [3.8, 4) is 0 Å². The first-order valence-electron chi connectivity index (χ1n) is 9.82. The Balaban J connectivity index is 1.70. The maximum absolute atomic E-state index is 12.9. The van der Waals surface area contributed by atoms with E-state index in [9.17, 15) is 9.59 Å². The zero-order chi connectivity index (χ0) is 19.2. The van der Waals surface area contributed by atoms with Gasteiger partial charge in [0.1, 0.15) is 0 Å². The minimum Gasteiger partial charge on any atom is -0.381 e. The molecule has 2 aliphatic rings. The quantitative estimate of drug-likeness (QED) is 0.764. The highest BCUT2D eigenvalue weighted by atomic mass is 16.5. The SMILES string of the molecule is CC(C)CN1CC(OCc2ccccc2)CN(C(=O)C2CCOC2)CC1=O. The van der Waals surface area contributed by atoms with Crippen LogP contribution in [0.1, 0.15) is 25.8 Å². The standard InChI is InChI=1S/C21H30N2O4/c1-16(2)10-22-11-19(27-14-17-6-4-3-5-7-17)12-23(13-20(22)24)21(25)18-8-9-26-15-18/h3-7,16,18-19H,8-15H2,1-2H3. The third-order valence-corrected chi connectivity index (χ3v) is 5.03. The number of amides is 2. The van der Waals surface area contributed by atoms with Crippen LogP contribution in [0, 0.1) is 11.8 Å². The predicted octanol–water partition coefficient (Wildman–Crippen LogP) is 1.94. The van der Waals surface area contributed by atoms with E-state index >= 15 is 0 Å². The number of rotatable bonds is 6. The van der Waals surface area contributed by atoms with Gasteiger partial charge in [0.15, 0.2) is 0 Å². The Morgan fingerprint density at radius 1 is 1.26 bits per heavy atom. The van der Waals surface area contributed by atoms with Gasteiger partial charge in [-0.2, -0.15) is 0 Å². The molecule has 27 heavy (non-hydrogen) atoms. The van der Waals surface area contributed by atoms with Crippen LogP contribution in [0.4, 0.5) is 0 Å². The monoisotopic (exact) mass is 374 g/mol. The van der Waals surface area contributed by atoms with Crippen LogP contribution in [-0.2, 0) is 25.7 Å². The Labute approximate surface area is 161 Å². The number of carbonyl (C=O) groups is 2. The molecule has 2 aliphatic heterocycles. The Hall–Kier alpha value is -1.92. The molecular formula is C21H30N2O4. The Morgan fingerprint density at radius 3 is 2.70 bits per heavy atom. The minimum atomic E-state index is -0.193. The van der Waals surface area contributed by atoms with E-state index in [1.165, 1.54) is 0 Å². The van der Waals surface area contributed by atoms with Gasteiger partial charge in [0, 0.05) is 26.2 Å². The molecule has 2 heterocycles. The van der Waals surface area contributed by atoms with Crippen LogP contribution >= 0.6 is 0 Å². The topological polar surface area (TPSA) is 59.1 Å². The average Bonchev–Trinajstić information content (AvgIpc) is 3.14. The van der Waals surface area contributed by atoms with E-state index in [1.807, 2.05) is 35.2 Å². The van der Waals surface area contributed by atoms with E-state index in [1.54, 1.807) is 4.90 Å². The molecule has 6 nitrogen and oxygen atoms in total. The first kappa shape index (κ1) is 19.8. The summed E-state index contributed by atoms with van der Waals surface area (Å²) in [6, 6.07) is 9.98. The summed E-state index contributed by atoms with van der Waals surface area (Å²) in [6.45, 7) is 7.51. The van der Waals surface area contributed by atoms with Crippen LogP contribution in [0.25, 0.3) is 0 Å². The molecule has 0 bridgehead atoms. The maximum atomic E-state index is 12.9. The second kappa shape index (κ2) is 9.33. The number of hydrogen-bond donors (Lipinski definition) is 0. The number of hydrogen-bond acceptors (Lipinski definition) is 4. The van der Waals surface area contributed by atoms with Gasteiger partial charge in [0.2, 0.25) is 11.8 Å². The van der Waals surface area contributed by atoms with Crippen LogP contribution in [0.5, 0.6) is 0 Å². The smallest absolute Gasteiger partial charge is 0.242 e. The molecule has 6 heteroatoms. The molecule has 0 aliphatic carbocycles. The molecule has 0 radical (unpaired) electrons. The van der Waals surface area contributed by atoms with Crippen LogP contribution < -0.4 is 0 Å². The molecule has 1 aromatic rings. The number of benzene rings is 1. The fourth-order valence-electron chi connectivity index (χ4n) is 3.65. The zero-order valence-corrected chi connectivity index (χ0v) is 16.3. The molecule has 1 aromatic carbocycles. The molecule has 2 fully saturated rings. The molecule has 0 N–H and O–H groups in total. The van der Waals surface area contributed by atoms with E-state index < -0.39 is 0 Å². The lowest BCUT2D eigenvalue weighted by Gasteiger charge is -2.26. The van der Waals surface area contributed by atoms with Gasteiger partial charge in [-0.3, -0.25) is 9.59 Å². The summed E-state index contributed by atoms with van der Waals surface area (Å²) < 4.78 is 11.5. The van der Waals surface area contributed by atoms with Crippen molar-refractivity contribution in [1.82, 2.24) is 9.80 Å². The highest BCUT2D eigenvalue weighted by molar-refractivity contribution is 5.86. The second-order valence-corrected chi connectivity index (χ2v) is 7.89. The third kappa shape index (κ3) is 5.53. The lowest BCUT2D eigenvalue weighted by molar-refractivity contribution is -0.141. The van der Waals surface area contributed by atoms with Gasteiger partial charge in [-0.1, -0.05) is 44.2 Å². The third-order valence-electron chi connectivity index (χ3n) is 5.03. The first-order valence-corrected chi connectivity index (χ1v) is 9.82. The fraction of sp³-hybridized carbons (Fsp3) is 0.619. The van der Waals surface area contributed by atoms with Crippen molar-refractivity contribution in [1.29, 1.82) is 0 Å². The van der Waals surface area contributed by atoms with Crippen molar-refractivity contribution >= 4 is 11.8 Å². The van der Waals surface area contributed by atoms with Crippen molar-refractivity contribution in [3.05, 3.63) is 35.9 Å². The molecular weight excluding hydrogens is 344 g/mol. The van der Waals surface area contributed by atoms with Crippen LogP contribution in [-0.4, -0.2) is 67.1 Å². The van der Waals surface area contributed by atoms with E-state index in [-0.39, 0.29) is 30.4 Å². The molecule has 0 spiro atoms. The summed E-state index contributed by atoms with van der Waals surface area (Å²) in [7, 11) is 0. The van der Waals surface area contributed by atoms with Crippen LogP contribution in [0.15, 0.2) is 30.3 Å². The van der Waals surface area contributed by atoms with Crippen molar-refractivity contribution in [2.75, 3.05) is 39.4 Å². The molecule has 2 unspecified atom stereocenters. The van der Waals surface area contributed by atoms with Crippen molar-refractivity contribution in [3.63, 3.8) is 0 Å². The maximum Gasteiger partial charge on any atom is 0.242 e. The van der Waals surface area contributed by atoms with Gasteiger partial charge >= 0.3 is 0 Å². The first-order chi connectivity index (χ1) is 13.0. The van der Waals surface area contributed by atoms with E-state index in [0.717, 1.165) is 12.0 Å². The van der Waals surface area contributed by atoms with Crippen molar-refractivity contribution < 1.29 is 19.1 Å². The normalized spacial score (nSPS) is 23.7. The summed E-state index contributed by atoms with van der Waals surface area (Å²) in [4.78, 5) is 29.1. The molecule has 0 aromatic heterocycles. The number of carbonyl (C=O) groups excluding carboxylic acids is 2. The van der Waals surface area contributed by atoms with Gasteiger partial charge in [-0.25, -0.2) is 0 Å². The van der Waals surface area contributed by atoms with E-state index in [4.69, 9.17) is 9.47 Å². The minimum absolute atomic E-state index is 0.00164. The summed E-state index contributed by atoms with van der Waals surface area (Å²) in [6.07, 6.45) is 0.538. The second-order valence-electron chi connectivity index (χ2n) is 7.89. The predicted molar refractivity (Wildman–Crippen MR) is 102 cm³/mol. The summed E-state index contributed by atoms with van der Waals surface area (Å²) in [5.41, 5.74) is 1.09. The van der Waals surface area contributed by atoms with Gasteiger partial charge in [0.25, 0.3) is 0 Å². The Kier molecular flexibility index (Phi) is 6.85. The van der Waals surface area contributed by atoms with Crippen LogP contribution in [0.3, 0.4) is 0 Å². The van der Waals surface area contributed by atoms with Gasteiger partial charge in [-0.15, -0.1) is 0 Å². The zero-order valence-electron chi connectivity index (χ0n) is 16.3. The van der Waals surface area contributed by atoms with E-state index in [0.29, 0.717) is 45.4 Å². The molecule has 2 amide bonds. The Bertz CT molecular complexity index is 628. The van der Waals surface area contributed by atoms with E-state index in [2.05, 4.69) is 13.8 Å². The van der Waals surface area contributed by atoms with Crippen LogP contribution in [0.2, 0.25) is 0 Å². The lowest BCUT2D eigenvalue weighted by atomic mass is 10.1. The summed E-state index contributed by atoms with van der Waals surface area (Å²) in [5, 5.41) is 0. The Morgan fingerprint density at radius 2 is 2.04 bits per heavy atom. The average molecular weight is 374 g/mol. The van der Waals surface area contributed by atoms with Crippen molar-refractivity contribution in [2.24, 2.45) is 11.8 Å². The fourth-order valence-corrected chi connectivity index (χ4v) is 3.65. The molecule has 0 saturated carbocycles. The van der Waals surface area contributed by atoms with Gasteiger partial charge < -0.3 is 19.3 Å². The highest BCUT2D eigenvalue weighted by Crippen LogP contribution is 2.19. The lowest BCUT2D eigenvalue weighted by Crippen LogP contribution is -2.43. The van der Waals surface area contributed by atoms with Crippen molar-refractivity contribution in [2.45, 2.75) is 33.0 Å². The highest BCUT2D eigenvalue weighted by Gasteiger charge is 2.35. The molecule has 3 rings (SSSR count).